The van der Waals surface area contributed by atoms with Crippen LogP contribution in [0.5, 0.6) is 0 Å². The van der Waals surface area contributed by atoms with Gasteiger partial charge in [0.25, 0.3) is 0 Å². The van der Waals surface area contributed by atoms with E-state index in [1.165, 1.54) is 38.6 Å². The van der Waals surface area contributed by atoms with Crippen molar-refractivity contribution in [3.63, 3.8) is 0 Å². The highest BCUT2D eigenvalue weighted by molar-refractivity contribution is 5.00. The second kappa shape index (κ2) is 4.22. The van der Waals surface area contributed by atoms with Gasteiger partial charge in [0.2, 0.25) is 0 Å². The van der Waals surface area contributed by atoms with E-state index in [1.54, 1.807) is 0 Å². The minimum atomic E-state index is 0.282. The van der Waals surface area contributed by atoms with Gasteiger partial charge >= 0.3 is 0 Å². The van der Waals surface area contributed by atoms with E-state index in [0.29, 0.717) is 5.54 Å². The van der Waals surface area contributed by atoms with Gasteiger partial charge in [-0.15, -0.1) is 0 Å². The molecule has 1 atom stereocenters. The van der Waals surface area contributed by atoms with Gasteiger partial charge in [-0.2, -0.15) is 0 Å². The lowest BCUT2D eigenvalue weighted by atomic mass is 9.73. The fourth-order valence-electron chi connectivity index (χ4n) is 3.86. The van der Waals surface area contributed by atoms with Crippen molar-refractivity contribution in [3.8, 4) is 0 Å². The van der Waals surface area contributed by atoms with E-state index in [2.05, 4.69) is 24.1 Å². The predicted molar refractivity (Wildman–Crippen MR) is 69.2 cm³/mol. The van der Waals surface area contributed by atoms with Crippen molar-refractivity contribution >= 4 is 0 Å². The van der Waals surface area contributed by atoms with Gasteiger partial charge < -0.3 is 10.1 Å². The van der Waals surface area contributed by atoms with Crippen LogP contribution >= 0.6 is 0 Å². The molecule has 2 heterocycles. The van der Waals surface area contributed by atoms with Crippen molar-refractivity contribution < 1.29 is 4.74 Å². The Hall–Kier alpha value is -0.120. The molecule has 17 heavy (non-hydrogen) atoms. The smallest absolute Gasteiger partial charge is 0.0697 e. The van der Waals surface area contributed by atoms with Crippen LogP contribution in [0.2, 0.25) is 0 Å². The topological polar surface area (TPSA) is 24.5 Å². The van der Waals surface area contributed by atoms with Crippen LogP contribution in [0.25, 0.3) is 0 Å². The van der Waals surface area contributed by atoms with Gasteiger partial charge in [-0.05, 0) is 46.0 Å². The van der Waals surface area contributed by atoms with Crippen LogP contribution in [0, 0.1) is 0 Å². The largest absolute Gasteiger partial charge is 0.375 e. The zero-order chi connectivity index (χ0) is 11.9. The Balaban J connectivity index is 1.70. The van der Waals surface area contributed by atoms with Crippen LogP contribution in [0.4, 0.5) is 0 Å². The Morgan fingerprint density at radius 3 is 2.76 bits per heavy atom. The third-order valence-electron chi connectivity index (χ3n) is 5.04. The van der Waals surface area contributed by atoms with Crippen LogP contribution < -0.4 is 5.32 Å². The first-order valence-corrected chi connectivity index (χ1v) is 7.23. The van der Waals surface area contributed by atoms with Gasteiger partial charge in [0.15, 0.2) is 0 Å². The predicted octanol–water partition coefficient (Wildman–Crippen LogP) is 1.77. The first-order chi connectivity index (χ1) is 8.11. The number of nitrogens with zero attached hydrogens (tertiary/aromatic N) is 1. The van der Waals surface area contributed by atoms with Crippen LogP contribution in [0.1, 0.15) is 46.0 Å². The summed E-state index contributed by atoms with van der Waals surface area (Å²) in [6.07, 6.45) is 6.48. The lowest BCUT2D eigenvalue weighted by Crippen LogP contribution is -2.64. The van der Waals surface area contributed by atoms with Gasteiger partial charge in [0, 0.05) is 37.8 Å². The molecule has 1 saturated carbocycles. The number of hydrogen-bond donors (Lipinski definition) is 1. The summed E-state index contributed by atoms with van der Waals surface area (Å²) in [7, 11) is 0. The van der Waals surface area contributed by atoms with Crippen molar-refractivity contribution in [2.45, 2.75) is 63.1 Å². The molecular formula is C14H26N2O. The first kappa shape index (κ1) is 11.9. The second-order valence-corrected chi connectivity index (χ2v) is 6.71. The zero-order valence-electron chi connectivity index (χ0n) is 11.3. The molecule has 3 nitrogen and oxygen atoms in total. The fourth-order valence-corrected chi connectivity index (χ4v) is 3.86. The summed E-state index contributed by atoms with van der Waals surface area (Å²) >= 11 is 0. The third kappa shape index (κ3) is 2.13. The first-order valence-electron chi connectivity index (χ1n) is 7.23. The highest BCUT2D eigenvalue weighted by Crippen LogP contribution is 2.44. The molecule has 2 aliphatic heterocycles. The van der Waals surface area contributed by atoms with Crippen molar-refractivity contribution in [1.82, 2.24) is 10.2 Å². The van der Waals surface area contributed by atoms with Crippen LogP contribution in [0.15, 0.2) is 0 Å². The standard InChI is InChI=1S/C14H26N2O/c1-13(2)11-15-7-8-16(13)12-4-9-17-14(10-12)5-3-6-14/h12,15H,3-11H2,1-2H3. The SMILES string of the molecule is CC1(C)CNCCN1C1CCOC2(CCC2)C1. The number of rotatable bonds is 1. The third-order valence-corrected chi connectivity index (χ3v) is 5.04. The van der Waals surface area contributed by atoms with Gasteiger partial charge in [0.1, 0.15) is 0 Å². The molecule has 1 unspecified atom stereocenters. The van der Waals surface area contributed by atoms with Gasteiger partial charge in [-0.25, -0.2) is 0 Å². The molecule has 3 rings (SSSR count). The van der Waals surface area contributed by atoms with E-state index in [9.17, 15) is 0 Å². The maximum atomic E-state index is 6.05. The van der Waals surface area contributed by atoms with Gasteiger partial charge in [0.05, 0.1) is 5.60 Å². The normalized spacial score (nSPS) is 36.7. The summed E-state index contributed by atoms with van der Waals surface area (Å²) in [6, 6.07) is 0.751. The Morgan fingerprint density at radius 1 is 1.29 bits per heavy atom. The van der Waals surface area contributed by atoms with Gasteiger partial charge in [-0.3, -0.25) is 4.90 Å². The van der Waals surface area contributed by atoms with E-state index < -0.39 is 0 Å². The Kier molecular flexibility index (Phi) is 2.96. The summed E-state index contributed by atoms with van der Waals surface area (Å²) in [5.41, 5.74) is 0.592. The molecule has 0 amide bonds. The maximum Gasteiger partial charge on any atom is 0.0697 e. The van der Waals surface area contributed by atoms with Crippen molar-refractivity contribution in [1.29, 1.82) is 0 Å². The minimum absolute atomic E-state index is 0.282. The molecule has 2 saturated heterocycles. The van der Waals surface area contributed by atoms with Crippen LogP contribution in [0.3, 0.4) is 0 Å². The van der Waals surface area contributed by atoms with Crippen molar-refractivity contribution in [3.05, 3.63) is 0 Å². The van der Waals surface area contributed by atoms with Crippen LogP contribution in [-0.4, -0.2) is 48.3 Å². The van der Waals surface area contributed by atoms with Crippen molar-refractivity contribution in [2.75, 3.05) is 26.2 Å². The van der Waals surface area contributed by atoms with Crippen LogP contribution in [-0.2, 0) is 4.74 Å². The fraction of sp³-hybridized carbons (Fsp3) is 1.00. The number of hydrogen-bond acceptors (Lipinski definition) is 3. The number of nitrogens with one attached hydrogen (secondary N) is 1. The molecule has 3 heteroatoms. The van der Waals surface area contributed by atoms with E-state index in [1.807, 2.05) is 0 Å². The molecule has 1 spiro atoms. The molecule has 3 fully saturated rings. The minimum Gasteiger partial charge on any atom is -0.375 e. The van der Waals surface area contributed by atoms with E-state index in [0.717, 1.165) is 25.7 Å². The highest BCUT2D eigenvalue weighted by atomic mass is 16.5. The lowest BCUT2D eigenvalue weighted by molar-refractivity contribution is -0.157. The molecule has 0 bridgehead atoms. The average molecular weight is 238 g/mol. The zero-order valence-corrected chi connectivity index (χ0v) is 11.3. The molecular weight excluding hydrogens is 212 g/mol. The monoisotopic (exact) mass is 238 g/mol. The highest BCUT2D eigenvalue weighted by Gasteiger charge is 2.46. The van der Waals surface area contributed by atoms with Gasteiger partial charge in [-0.1, -0.05) is 0 Å². The summed E-state index contributed by atoms with van der Waals surface area (Å²) in [5, 5.41) is 3.52. The van der Waals surface area contributed by atoms with Crippen molar-refractivity contribution in [2.24, 2.45) is 0 Å². The van der Waals surface area contributed by atoms with E-state index >= 15 is 0 Å². The van der Waals surface area contributed by atoms with E-state index in [4.69, 9.17) is 4.74 Å². The Morgan fingerprint density at radius 2 is 2.12 bits per heavy atom. The molecule has 1 N–H and O–H groups in total. The molecule has 1 aliphatic carbocycles. The maximum absolute atomic E-state index is 6.05. The molecule has 0 aromatic carbocycles. The molecule has 98 valence electrons. The molecule has 3 aliphatic rings. The average Bonchev–Trinajstić information content (AvgIpc) is 2.26. The summed E-state index contributed by atoms with van der Waals surface area (Å²) in [6.45, 7) is 9.20. The lowest BCUT2D eigenvalue weighted by Gasteiger charge is -2.54. The molecule has 0 aromatic rings. The van der Waals surface area contributed by atoms with E-state index in [-0.39, 0.29) is 5.60 Å². The summed E-state index contributed by atoms with van der Waals surface area (Å²) < 4.78 is 6.05. The second-order valence-electron chi connectivity index (χ2n) is 6.71. The summed E-state index contributed by atoms with van der Waals surface area (Å²) in [4.78, 5) is 2.74. The number of piperazine rings is 1. The molecule has 0 aromatic heterocycles. The summed E-state index contributed by atoms with van der Waals surface area (Å²) in [5.74, 6) is 0. The number of ether oxygens (including phenoxy) is 1. The molecule has 0 radical (unpaired) electrons. The Labute approximate surface area is 105 Å². The Bertz CT molecular complexity index is 286. The quantitative estimate of drug-likeness (QED) is 0.753.